The van der Waals surface area contributed by atoms with Crippen molar-refractivity contribution in [2.75, 3.05) is 0 Å². The molecule has 0 aliphatic carbocycles. The van der Waals surface area contributed by atoms with Crippen LogP contribution in [0.2, 0.25) is 0 Å². The van der Waals surface area contributed by atoms with Crippen molar-refractivity contribution in [3.8, 4) is 0 Å². The van der Waals surface area contributed by atoms with E-state index in [-0.39, 0.29) is 0 Å². The van der Waals surface area contributed by atoms with Crippen LogP contribution < -0.4 is 0 Å². The smallest absolute Gasteiger partial charge is 0.366 e. The first-order valence-electron chi connectivity index (χ1n) is 8.60. The topological polar surface area (TPSA) is 9.86 Å². The summed E-state index contributed by atoms with van der Waals surface area (Å²) in [6, 6.07) is 0. The van der Waals surface area contributed by atoms with E-state index in [1.54, 1.807) is 0 Å². The number of aromatic nitrogens is 2. The van der Waals surface area contributed by atoms with Crippen LogP contribution in [0.3, 0.4) is 0 Å². The summed E-state index contributed by atoms with van der Waals surface area (Å²) in [7, 11) is 0.523. The fourth-order valence-electron chi connectivity index (χ4n) is 3.58. The Balaban J connectivity index is 2.89. The van der Waals surface area contributed by atoms with Gasteiger partial charge in [0.2, 0.25) is 0 Å². The van der Waals surface area contributed by atoms with Gasteiger partial charge in [-0.05, 0) is 24.3 Å². The van der Waals surface area contributed by atoms with Crippen LogP contribution in [0.5, 0.6) is 0 Å². The normalized spacial score (nSPS) is 9.93. The molecule has 0 saturated heterocycles. The van der Waals surface area contributed by atoms with E-state index in [1.165, 1.54) is 0 Å². The maximum Gasteiger partial charge on any atom is 0.366 e. The fourth-order valence-corrected chi connectivity index (χ4v) is 3.58. The number of hydrogen-bond acceptors (Lipinski definition) is 0. The van der Waals surface area contributed by atoms with Crippen molar-refractivity contribution >= 4 is 56.2 Å². The average Bonchev–Trinajstić information content (AvgIpc) is 3.17. The van der Waals surface area contributed by atoms with Crippen LogP contribution >= 0.6 is 0 Å². The minimum absolute atomic E-state index is 0.523. The van der Waals surface area contributed by atoms with Crippen molar-refractivity contribution in [3.63, 3.8) is 0 Å². The van der Waals surface area contributed by atoms with Gasteiger partial charge in [-0.15, -0.1) is 0 Å². The third-order valence-electron chi connectivity index (χ3n) is 4.72. The van der Waals surface area contributed by atoms with Crippen LogP contribution in [0.4, 0.5) is 0 Å². The zero-order chi connectivity index (χ0) is 20.1. The molecule has 3 heteroatoms. The zero-order valence-electron chi connectivity index (χ0n) is 15.9. The molecule has 0 atom stereocenters. The Labute approximate surface area is 163 Å². The monoisotopic (exact) mass is 352 g/mol. The molecule has 0 radical (unpaired) electrons. The molecule has 0 spiro atoms. The van der Waals surface area contributed by atoms with E-state index in [2.05, 4.69) is 61.6 Å². The summed E-state index contributed by atoms with van der Waals surface area (Å²) >= 11 is 0. The van der Waals surface area contributed by atoms with E-state index < -0.39 is 0 Å². The SMILES string of the molecule is C=Cc1c(C=C)c(C=C)n(Bn2c(C=C)c(C=C)c(C=C)c2C=C)c1C=C. The Morgan fingerprint density at radius 3 is 0.778 bits per heavy atom. The van der Waals surface area contributed by atoms with Crippen molar-refractivity contribution in [1.82, 2.24) is 8.96 Å². The third kappa shape index (κ3) is 2.98. The highest BCUT2D eigenvalue weighted by molar-refractivity contribution is 6.34. The second-order valence-electron chi connectivity index (χ2n) is 5.83. The molecule has 2 heterocycles. The third-order valence-corrected chi connectivity index (χ3v) is 4.72. The lowest BCUT2D eigenvalue weighted by molar-refractivity contribution is 1.07. The van der Waals surface area contributed by atoms with Gasteiger partial charge >= 0.3 is 7.55 Å². The van der Waals surface area contributed by atoms with Crippen molar-refractivity contribution < 1.29 is 0 Å². The highest BCUT2D eigenvalue weighted by Gasteiger charge is 2.21. The van der Waals surface area contributed by atoms with Gasteiger partial charge in [-0.25, -0.2) is 0 Å². The number of rotatable bonds is 10. The molecule has 0 fully saturated rings. The van der Waals surface area contributed by atoms with E-state index in [1.807, 2.05) is 48.6 Å². The molecule has 0 aromatic carbocycles. The molecule has 0 aliphatic heterocycles. The van der Waals surface area contributed by atoms with Gasteiger partial charge in [-0.1, -0.05) is 76.9 Å². The molecule has 0 bridgehead atoms. The van der Waals surface area contributed by atoms with Gasteiger partial charge in [0.25, 0.3) is 0 Å². The highest BCUT2D eigenvalue weighted by Crippen LogP contribution is 2.30. The van der Waals surface area contributed by atoms with Gasteiger partial charge < -0.3 is 8.96 Å². The van der Waals surface area contributed by atoms with E-state index in [0.29, 0.717) is 7.55 Å². The van der Waals surface area contributed by atoms with Crippen LogP contribution in [0, 0.1) is 0 Å². The highest BCUT2D eigenvalue weighted by atomic mass is 15.1. The van der Waals surface area contributed by atoms with Gasteiger partial charge in [-0.2, -0.15) is 0 Å². The molecule has 0 unspecified atom stereocenters. The Morgan fingerprint density at radius 2 is 0.630 bits per heavy atom. The Morgan fingerprint density at radius 1 is 0.407 bits per heavy atom. The molecule has 0 saturated carbocycles. The second-order valence-corrected chi connectivity index (χ2v) is 5.83. The van der Waals surface area contributed by atoms with Crippen LogP contribution in [0.25, 0.3) is 48.6 Å². The molecule has 27 heavy (non-hydrogen) atoms. The van der Waals surface area contributed by atoms with E-state index in [9.17, 15) is 0 Å². The molecule has 134 valence electrons. The van der Waals surface area contributed by atoms with E-state index in [4.69, 9.17) is 0 Å². The lowest BCUT2D eigenvalue weighted by Gasteiger charge is -2.14. The van der Waals surface area contributed by atoms with Gasteiger partial charge in [0, 0.05) is 45.0 Å². The lowest BCUT2D eigenvalue weighted by Crippen LogP contribution is -2.21. The first kappa shape index (κ1) is 19.9. The molecule has 2 nitrogen and oxygen atoms in total. The maximum absolute atomic E-state index is 3.99. The van der Waals surface area contributed by atoms with Crippen molar-refractivity contribution in [2.24, 2.45) is 0 Å². The molecule has 2 rings (SSSR count). The quantitative estimate of drug-likeness (QED) is 0.458. The summed E-state index contributed by atoms with van der Waals surface area (Å²) in [4.78, 5) is 0. The summed E-state index contributed by atoms with van der Waals surface area (Å²) in [5.41, 5.74) is 7.74. The molecular weight excluding hydrogens is 327 g/mol. The predicted molar refractivity (Wildman–Crippen MR) is 128 cm³/mol. The summed E-state index contributed by atoms with van der Waals surface area (Å²) < 4.78 is 4.27. The molecule has 0 aliphatic rings. The Hall–Kier alpha value is -3.46. The zero-order valence-corrected chi connectivity index (χ0v) is 15.9. The summed E-state index contributed by atoms with van der Waals surface area (Å²) in [6.45, 7) is 31.7. The standard InChI is InChI=1S/C24H25BN2/c1-9-17-18(10-2)22(14-6)26(21(17)13-5)25-27-23(15-7)19(11-3)20(12-4)24(27)16-8/h9-16,25H,1-8H2. The number of nitrogens with zero attached hydrogens (tertiary/aromatic N) is 2. The number of hydrogen-bond donors (Lipinski definition) is 0. The molecule has 2 aromatic rings. The first-order valence-corrected chi connectivity index (χ1v) is 8.60. The van der Waals surface area contributed by atoms with Gasteiger partial charge in [0.05, 0.1) is 0 Å². The molecular formula is C24H25BN2. The first-order chi connectivity index (χ1) is 13.1. The van der Waals surface area contributed by atoms with Crippen LogP contribution in [0.15, 0.2) is 52.6 Å². The minimum atomic E-state index is 0.523. The second kappa shape index (κ2) is 8.28. The van der Waals surface area contributed by atoms with Crippen molar-refractivity contribution in [2.45, 2.75) is 0 Å². The maximum atomic E-state index is 3.99. The Kier molecular flexibility index (Phi) is 6.09. The molecule has 0 amide bonds. The Bertz CT molecular complexity index is 837. The average molecular weight is 352 g/mol. The summed E-state index contributed by atoms with van der Waals surface area (Å²) in [6.07, 6.45) is 14.6. The van der Waals surface area contributed by atoms with Crippen LogP contribution in [-0.2, 0) is 0 Å². The van der Waals surface area contributed by atoms with Gasteiger partial charge in [-0.3, -0.25) is 0 Å². The fraction of sp³-hybridized carbons (Fsp3) is 0. The summed E-state index contributed by atoms with van der Waals surface area (Å²) in [5, 5.41) is 0. The van der Waals surface area contributed by atoms with Crippen molar-refractivity contribution in [3.05, 3.63) is 97.7 Å². The summed E-state index contributed by atoms with van der Waals surface area (Å²) in [5.74, 6) is 0. The van der Waals surface area contributed by atoms with Gasteiger partial charge in [0.15, 0.2) is 0 Å². The van der Waals surface area contributed by atoms with Crippen LogP contribution in [0.1, 0.15) is 45.0 Å². The molecule has 2 aromatic heterocycles. The van der Waals surface area contributed by atoms with E-state index in [0.717, 1.165) is 45.0 Å². The largest absolute Gasteiger partial charge is 0.368 e. The minimum Gasteiger partial charge on any atom is -0.368 e. The van der Waals surface area contributed by atoms with E-state index >= 15 is 0 Å². The molecule has 0 N–H and O–H groups in total. The van der Waals surface area contributed by atoms with Gasteiger partial charge in [0.1, 0.15) is 0 Å². The predicted octanol–water partition coefficient (Wildman–Crippen LogP) is 6.10. The lowest BCUT2D eigenvalue weighted by atomic mass is 10.1. The van der Waals surface area contributed by atoms with Crippen LogP contribution in [-0.4, -0.2) is 16.5 Å². The van der Waals surface area contributed by atoms with Crippen molar-refractivity contribution in [1.29, 1.82) is 0 Å².